The van der Waals surface area contributed by atoms with E-state index in [1.807, 2.05) is 6.07 Å². The van der Waals surface area contributed by atoms with E-state index in [1.165, 1.54) is 19.3 Å². The molecular weight excluding hydrogens is 552 g/mol. The highest BCUT2D eigenvalue weighted by Gasteiger charge is 2.38. The first kappa shape index (κ1) is 27.1. The van der Waals surface area contributed by atoms with E-state index in [0.29, 0.717) is 15.6 Å². The number of halogens is 5. The van der Waals surface area contributed by atoms with E-state index in [2.05, 4.69) is 10.4 Å². The van der Waals surface area contributed by atoms with Gasteiger partial charge in [0.15, 0.2) is 5.69 Å². The number of carbonyl (C=O) groups is 1. The summed E-state index contributed by atoms with van der Waals surface area (Å²) in [6, 6.07) is 9.57. The summed E-state index contributed by atoms with van der Waals surface area (Å²) in [7, 11) is 3.14. The van der Waals surface area contributed by atoms with Gasteiger partial charge in [-0.25, -0.2) is 0 Å². The zero-order valence-corrected chi connectivity index (χ0v) is 22.6. The van der Waals surface area contributed by atoms with Gasteiger partial charge in [0.25, 0.3) is 5.91 Å². The lowest BCUT2D eigenvalue weighted by atomic mass is 9.98. The van der Waals surface area contributed by atoms with Crippen molar-refractivity contribution >= 4 is 29.1 Å². The summed E-state index contributed by atoms with van der Waals surface area (Å²) >= 11 is 12.3. The molecule has 5 rings (SSSR count). The molecule has 204 valence electrons. The number of nitrogens with zero attached hydrogens (tertiary/aromatic N) is 4. The molecule has 1 aliphatic carbocycles. The molecule has 2 heterocycles. The second-order valence-corrected chi connectivity index (χ2v) is 10.6. The number of alkyl halides is 3. The number of hydrogen-bond donors (Lipinski definition) is 2. The van der Waals surface area contributed by atoms with E-state index in [0.717, 1.165) is 23.1 Å². The molecule has 1 aliphatic rings. The zero-order chi connectivity index (χ0) is 28.1. The van der Waals surface area contributed by atoms with Gasteiger partial charge in [0, 0.05) is 43.8 Å². The predicted octanol–water partition coefficient (Wildman–Crippen LogP) is 5.96. The van der Waals surface area contributed by atoms with Gasteiger partial charge >= 0.3 is 6.18 Å². The second-order valence-electron chi connectivity index (χ2n) is 9.80. The van der Waals surface area contributed by atoms with Crippen LogP contribution in [0, 0.1) is 11.3 Å². The van der Waals surface area contributed by atoms with Gasteiger partial charge in [-0.1, -0.05) is 29.3 Å². The van der Waals surface area contributed by atoms with E-state index >= 15 is 0 Å². The Labute approximate surface area is 232 Å². The van der Waals surface area contributed by atoms with Crippen LogP contribution in [0.3, 0.4) is 0 Å². The lowest BCUT2D eigenvalue weighted by Gasteiger charge is -2.20. The second kappa shape index (κ2) is 10.2. The summed E-state index contributed by atoms with van der Waals surface area (Å²) in [6.07, 6.45) is 1.88. The van der Waals surface area contributed by atoms with E-state index in [1.54, 1.807) is 52.8 Å². The molecule has 1 amide bonds. The molecular formula is C27H25Cl2F3N6O. The standard InChI is InChI=1S/C27H25Cl2F3N6O/c1-36-7-8-38(26(36)33)13-15-9-18(20-14-37(2)35-24(20)27(30,31)32)11-19(10-15)25(39)34-23(16-3-4-16)17-5-6-21(28)22(29)12-17/h5-12,14,16,23,33H,3-4,13H2,1-2H3,(H,34,39)/t23-/m0/s1. The molecule has 1 fully saturated rings. The Morgan fingerprint density at radius 2 is 1.87 bits per heavy atom. The van der Waals surface area contributed by atoms with Crippen molar-refractivity contribution in [3.05, 3.63) is 93.0 Å². The smallest absolute Gasteiger partial charge is 0.345 e. The Morgan fingerprint density at radius 1 is 1.13 bits per heavy atom. The third kappa shape index (κ3) is 5.77. The number of amides is 1. The molecule has 39 heavy (non-hydrogen) atoms. The number of aryl methyl sites for hydroxylation is 2. The molecule has 1 saturated carbocycles. The molecule has 0 bridgehead atoms. The molecule has 7 nitrogen and oxygen atoms in total. The van der Waals surface area contributed by atoms with Crippen molar-refractivity contribution in [2.24, 2.45) is 20.0 Å². The van der Waals surface area contributed by atoms with Crippen LogP contribution in [0.4, 0.5) is 13.2 Å². The maximum Gasteiger partial charge on any atom is 0.435 e. The van der Waals surface area contributed by atoms with Gasteiger partial charge < -0.3 is 14.5 Å². The van der Waals surface area contributed by atoms with Crippen LogP contribution in [-0.4, -0.2) is 24.8 Å². The summed E-state index contributed by atoms with van der Waals surface area (Å²) in [5, 5.41) is 15.7. The van der Waals surface area contributed by atoms with Gasteiger partial charge in [0.05, 0.1) is 22.6 Å². The van der Waals surface area contributed by atoms with Gasteiger partial charge in [-0.3, -0.25) is 14.9 Å². The van der Waals surface area contributed by atoms with E-state index in [9.17, 15) is 18.0 Å². The minimum absolute atomic E-state index is 0.131. The third-order valence-electron chi connectivity index (χ3n) is 6.78. The quantitative estimate of drug-likeness (QED) is 0.284. The average Bonchev–Trinajstić information content (AvgIpc) is 3.57. The Morgan fingerprint density at radius 3 is 2.49 bits per heavy atom. The van der Waals surface area contributed by atoms with Crippen molar-refractivity contribution in [3.63, 3.8) is 0 Å². The number of rotatable bonds is 7. The van der Waals surface area contributed by atoms with Crippen LogP contribution in [-0.2, 0) is 26.8 Å². The van der Waals surface area contributed by atoms with Crippen molar-refractivity contribution in [2.75, 3.05) is 0 Å². The maximum atomic E-state index is 13.8. The van der Waals surface area contributed by atoms with E-state index in [-0.39, 0.29) is 40.8 Å². The highest BCUT2D eigenvalue weighted by atomic mass is 35.5. The minimum atomic E-state index is -4.68. The molecule has 12 heteroatoms. The molecule has 0 unspecified atom stereocenters. The summed E-state index contributed by atoms with van der Waals surface area (Å²) < 4.78 is 45.8. The molecule has 0 radical (unpaired) electrons. The van der Waals surface area contributed by atoms with Gasteiger partial charge in [0.1, 0.15) is 0 Å². The SMILES string of the molecule is Cn1cc(-c2cc(Cn3ccn(C)c3=N)cc(C(=O)N[C@H](c3ccc(Cl)c(Cl)c3)C3CC3)c2)c(C(F)(F)F)n1. The minimum Gasteiger partial charge on any atom is -0.345 e. The van der Waals surface area contributed by atoms with Crippen molar-refractivity contribution < 1.29 is 18.0 Å². The van der Waals surface area contributed by atoms with Crippen LogP contribution in [0.25, 0.3) is 11.1 Å². The largest absolute Gasteiger partial charge is 0.435 e. The van der Waals surface area contributed by atoms with Gasteiger partial charge in [0.2, 0.25) is 5.62 Å². The number of aromatic nitrogens is 4. The maximum absolute atomic E-state index is 13.8. The Balaban J connectivity index is 1.56. The van der Waals surface area contributed by atoms with Crippen LogP contribution >= 0.6 is 23.2 Å². The highest BCUT2D eigenvalue weighted by molar-refractivity contribution is 6.42. The molecule has 0 spiro atoms. The molecule has 2 aromatic heterocycles. The van der Waals surface area contributed by atoms with Crippen LogP contribution < -0.4 is 10.9 Å². The summed E-state index contributed by atoms with van der Waals surface area (Å²) in [4.78, 5) is 13.6. The summed E-state index contributed by atoms with van der Waals surface area (Å²) in [5.41, 5.74) is 0.824. The fraction of sp³-hybridized carbons (Fsp3) is 0.296. The number of carbonyl (C=O) groups excluding carboxylic acids is 1. The molecule has 1 atom stereocenters. The van der Waals surface area contributed by atoms with E-state index in [4.69, 9.17) is 28.6 Å². The lowest BCUT2D eigenvalue weighted by Crippen LogP contribution is -2.30. The third-order valence-corrected chi connectivity index (χ3v) is 7.51. The first-order chi connectivity index (χ1) is 18.4. The average molecular weight is 577 g/mol. The number of hydrogen-bond acceptors (Lipinski definition) is 3. The normalized spacial score (nSPS) is 14.4. The lowest BCUT2D eigenvalue weighted by molar-refractivity contribution is -0.140. The monoisotopic (exact) mass is 576 g/mol. The number of nitrogens with one attached hydrogen (secondary N) is 2. The molecule has 2 N–H and O–H groups in total. The van der Waals surface area contributed by atoms with Crippen LogP contribution in [0.5, 0.6) is 0 Å². The van der Waals surface area contributed by atoms with Gasteiger partial charge in [-0.05, 0) is 65.8 Å². The van der Waals surface area contributed by atoms with Crippen LogP contribution in [0.15, 0.2) is 55.0 Å². The van der Waals surface area contributed by atoms with Gasteiger partial charge in [-0.15, -0.1) is 0 Å². The zero-order valence-electron chi connectivity index (χ0n) is 21.1. The molecule has 0 aliphatic heterocycles. The van der Waals surface area contributed by atoms with Crippen molar-refractivity contribution in [1.82, 2.24) is 24.2 Å². The number of benzene rings is 2. The highest BCUT2D eigenvalue weighted by Crippen LogP contribution is 2.42. The van der Waals surface area contributed by atoms with E-state index < -0.39 is 17.8 Å². The molecule has 4 aromatic rings. The van der Waals surface area contributed by atoms with Crippen molar-refractivity contribution in [2.45, 2.75) is 31.6 Å². The Kier molecular flexibility index (Phi) is 7.11. The predicted molar refractivity (Wildman–Crippen MR) is 141 cm³/mol. The molecule has 2 aromatic carbocycles. The van der Waals surface area contributed by atoms with Crippen LogP contribution in [0.2, 0.25) is 10.0 Å². The number of imidazole rings is 1. The van der Waals surface area contributed by atoms with Crippen molar-refractivity contribution in [3.8, 4) is 11.1 Å². The Hall–Kier alpha value is -3.50. The summed E-state index contributed by atoms with van der Waals surface area (Å²) in [5.74, 6) is -0.211. The fourth-order valence-electron chi connectivity index (χ4n) is 4.66. The van der Waals surface area contributed by atoms with Crippen LogP contribution in [0.1, 0.15) is 46.1 Å². The fourth-order valence-corrected chi connectivity index (χ4v) is 4.97. The first-order valence-corrected chi connectivity index (χ1v) is 12.9. The molecule has 0 saturated heterocycles. The van der Waals surface area contributed by atoms with Crippen molar-refractivity contribution in [1.29, 1.82) is 5.41 Å². The topological polar surface area (TPSA) is 80.6 Å². The van der Waals surface area contributed by atoms with Gasteiger partial charge in [-0.2, -0.15) is 18.3 Å². The summed E-state index contributed by atoms with van der Waals surface area (Å²) in [6.45, 7) is 0.189. The first-order valence-electron chi connectivity index (χ1n) is 12.2. The Bertz CT molecular complexity index is 1620.